The second-order valence-corrected chi connectivity index (χ2v) is 5.00. The van der Waals surface area contributed by atoms with Crippen molar-refractivity contribution in [3.63, 3.8) is 0 Å². The number of aryl methyl sites for hydroxylation is 1. The number of aromatic amines is 1. The summed E-state index contributed by atoms with van der Waals surface area (Å²) < 4.78 is 1.61. The molecule has 0 aliphatic carbocycles. The molecule has 9 nitrogen and oxygen atoms in total. The number of carboxylic acid groups (broad SMARTS) is 1. The van der Waals surface area contributed by atoms with Gasteiger partial charge in [-0.15, -0.1) is 0 Å². The van der Waals surface area contributed by atoms with Crippen LogP contribution >= 0.6 is 0 Å². The number of nitrogens with one attached hydrogen (secondary N) is 2. The van der Waals surface area contributed by atoms with Crippen molar-refractivity contribution in [2.45, 2.75) is 13.0 Å². The van der Waals surface area contributed by atoms with E-state index in [1.54, 1.807) is 4.57 Å². The van der Waals surface area contributed by atoms with Gasteiger partial charge in [0.15, 0.2) is 11.2 Å². The molecule has 0 aliphatic heterocycles. The molecule has 24 heavy (non-hydrogen) atoms. The highest BCUT2D eigenvalue weighted by Gasteiger charge is 2.09. The third-order valence-electron chi connectivity index (χ3n) is 3.39. The molecule has 0 bridgehead atoms. The Kier molecular flexibility index (Phi) is 4.06. The highest BCUT2D eigenvalue weighted by atomic mass is 16.4. The first-order chi connectivity index (χ1) is 11.5. The van der Waals surface area contributed by atoms with Gasteiger partial charge in [0, 0.05) is 18.7 Å². The van der Waals surface area contributed by atoms with Crippen LogP contribution in [0.1, 0.15) is 16.8 Å². The Morgan fingerprint density at radius 3 is 2.67 bits per heavy atom. The number of nitrogens with zero attached hydrogens (tertiary/aromatic N) is 3. The number of benzene rings is 1. The van der Waals surface area contributed by atoms with Crippen molar-refractivity contribution in [3.05, 3.63) is 52.8 Å². The molecule has 3 rings (SSSR count). The maximum absolute atomic E-state index is 12.0. The minimum Gasteiger partial charge on any atom is -0.545 e. The molecule has 0 saturated carbocycles. The van der Waals surface area contributed by atoms with Crippen LogP contribution in [0.15, 0.2) is 41.7 Å². The molecule has 0 radical (unpaired) electrons. The molecule has 3 aromatic rings. The summed E-state index contributed by atoms with van der Waals surface area (Å²) in [6.07, 6.45) is 2.87. The summed E-state index contributed by atoms with van der Waals surface area (Å²) in [6, 6.07) is 5.67. The largest absolute Gasteiger partial charge is 0.545 e. The SMILES string of the molecule is O=C(CCn1cnc2c(=O)[nH]cnc21)Nc1ccc(C(=O)[O-])cc1. The summed E-state index contributed by atoms with van der Waals surface area (Å²) in [4.78, 5) is 44.6. The quantitative estimate of drug-likeness (QED) is 0.650. The van der Waals surface area contributed by atoms with E-state index in [9.17, 15) is 19.5 Å². The number of hydrogen-bond acceptors (Lipinski definition) is 6. The molecule has 122 valence electrons. The molecule has 0 fully saturated rings. The average Bonchev–Trinajstić information content (AvgIpc) is 2.98. The number of aromatic carboxylic acids is 1. The van der Waals surface area contributed by atoms with Gasteiger partial charge in [0.25, 0.3) is 5.56 Å². The van der Waals surface area contributed by atoms with Crippen LogP contribution in [-0.2, 0) is 11.3 Å². The van der Waals surface area contributed by atoms with Crippen LogP contribution in [0.2, 0.25) is 0 Å². The smallest absolute Gasteiger partial charge is 0.278 e. The molecule has 1 aromatic carbocycles. The van der Waals surface area contributed by atoms with Gasteiger partial charge in [-0.05, 0) is 17.7 Å². The van der Waals surface area contributed by atoms with E-state index in [2.05, 4.69) is 20.3 Å². The van der Waals surface area contributed by atoms with Crippen LogP contribution < -0.4 is 16.0 Å². The number of carboxylic acids is 1. The summed E-state index contributed by atoms with van der Waals surface area (Å²) in [6.45, 7) is 0.302. The minimum atomic E-state index is -1.28. The fourth-order valence-corrected chi connectivity index (χ4v) is 2.19. The maximum atomic E-state index is 12.0. The lowest BCUT2D eigenvalue weighted by Gasteiger charge is -2.07. The van der Waals surface area contributed by atoms with Gasteiger partial charge in [-0.25, -0.2) is 9.97 Å². The summed E-state index contributed by atoms with van der Waals surface area (Å²) in [5.41, 5.74) is 0.807. The van der Waals surface area contributed by atoms with Crippen molar-refractivity contribution in [2.75, 3.05) is 5.32 Å². The second-order valence-electron chi connectivity index (χ2n) is 5.00. The Hall–Kier alpha value is -3.49. The molecule has 0 atom stereocenters. The molecule has 0 aliphatic rings. The summed E-state index contributed by atoms with van der Waals surface area (Å²) in [7, 11) is 0. The Morgan fingerprint density at radius 2 is 1.96 bits per heavy atom. The number of carbonyl (C=O) groups excluding carboxylic acids is 2. The monoisotopic (exact) mass is 326 g/mol. The molecule has 2 N–H and O–H groups in total. The molecule has 0 spiro atoms. The van der Waals surface area contributed by atoms with Gasteiger partial charge in [-0.1, -0.05) is 12.1 Å². The molecule has 0 saturated heterocycles. The van der Waals surface area contributed by atoms with Crippen molar-refractivity contribution < 1.29 is 14.7 Å². The number of imidazole rings is 1. The molecule has 0 unspecified atom stereocenters. The van der Waals surface area contributed by atoms with Crippen LogP contribution in [0.25, 0.3) is 11.2 Å². The molecule has 2 aromatic heterocycles. The number of rotatable bonds is 5. The number of amides is 1. The van der Waals surface area contributed by atoms with Gasteiger partial charge >= 0.3 is 0 Å². The fourth-order valence-electron chi connectivity index (χ4n) is 2.19. The van der Waals surface area contributed by atoms with E-state index in [0.29, 0.717) is 17.9 Å². The first-order valence-corrected chi connectivity index (χ1v) is 7.04. The van der Waals surface area contributed by atoms with Crippen LogP contribution in [0.5, 0.6) is 0 Å². The van der Waals surface area contributed by atoms with E-state index >= 15 is 0 Å². The highest BCUT2D eigenvalue weighted by Crippen LogP contribution is 2.10. The van der Waals surface area contributed by atoms with Gasteiger partial charge in [0.05, 0.1) is 18.6 Å². The average molecular weight is 326 g/mol. The van der Waals surface area contributed by atoms with E-state index in [1.807, 2.05) is 0 Å². The Bertz CT molecular complexity index is 958. The number of anilines is 1. The van der Waals surface area contributed by atoms with Gasteiger partial charge < -0.3 is 24.8 Å². The van der Waals surface area contributed by atoms with Crippen molar-refractivity contribution >= 4 is 28.7 Å². The van der Waals surface area contributed by atoms with Gasteiger partial charge in [-0.2, -0.15) is 0 Å². The topological polar surface area (TPSA) is 133 Å². The van der Waals surface area contributed by atoms with Crippen molar-refractivity contribution in [1.82, 2.24) is 19.5 Å². The zero-order valence-electron chi connectivity index (χ0n) is 12.4. The second kappa shape index (κ2) is 6.32. The zero-order chi connectivity index (χ0) is 17.1. The number of H-pyrrole nitrogens is 1. The predicted molar refractivity (Wildman–Crippen MR) is 82.2 cm³/mol. The van der Waals surface area contributed by atoms with Crippen molar-refractivity contribution in [2.24, 2.45) is 0 Å². The van der Waals surface area contributed by atoms with Crippen LogP contribution in [0.3, 0.4) is 0 Å². The lowest BCUT2D eigenvalue weighted by molar-refractivity contribution is -0.255. The lowest BCUT2D eigenvalue weighted by atomic mass is 10.2. The molecule has 2 heterocycles. The lowest BCUT2D eigenvalue weighted by Crippen LogP contribution is -2.22. The Labute approximate surface area is 135 Å². The summed E-state index contributed by atoms with van der Waals surface area (Å²) in [5, 5.41) is 13.3. The summed E-state index contributed by atoms with van der Waals surface area (Å²) >= 11 is 0. The van der Waals surface area contributed by atoms with Gasteiger partial charge in [0.1, 0.15) is 0 Å². The highest BCUT2D eigenvalue weighted by molar-refractivity contribution is 5.92. The molecule has 9 heteroatoms. The van der Waals surface area contributed by atoms with Crippen LogP contribution in [-0.4, -0.2) is 31.4 Å². The van der Waals surface area contributed by atoms with E-state index in [1.165, 1.54) is 36.9 Å². The number of fused-ring (bicyclic) bond motifs is 1. The maximum Gasteiger partial charge on any atom is 0.278 e. The third-order valence-corrected chi connectivity index (χ3v) is 3.39. The van der Waals surface area contributed by atoms with Crippen LogP contribution in [0, 0.1) is 0 Å². The normalized spacial score (nSPS) is 10.7. The molecule has 1 amide bonds. The van der Waals surface area contributed by atoms with E-state index < -0.39 is 5.97 Å². The van der Waals surface area contributed by atoms with Gasteiger partial charge in [0.2, 0.25) is 5.91 Å². The predicted octanol–water partition coefficient (Wildman–Crippen LogP) is -0.488. The first kappa shape index (κ1) is 15.4. The number of aromatic nitrogens is 4. The Morgan fingerprint density at radius 1 is 1.21 bits per heavy atom. The Balaban J connectivity index is 1.63. The summed E-state index contributed by atoms with van der Waals surface area (Å²) in [5.74, 6) is -1.54. The van der Waals surface area contributed by atoms with Crippen molar-refractivity contribution in [1.29, 1.82) is 0 Å². The number of carbonyl (C=O) groups is 2. The van der Waals surface area contributed by atoms with E-state index in [-0.39, 0.29) is 29.0 Å². The van der Waals surface area contributed by atoms with Gasteiger partial charge in [-0.3, -0.25) is 9.59 Å². The third kappa shape index (κ3) is 3.14. The first-order valence-electron chi connectivity index (χ1n) is 7.04. The van der Waals surface area contributed by atoms with E-state index in [0.717, 1.165) is 0 Å². The molecular weight excluding hydrogens is 314 g/mol. The molecular formula is C15H12N5O4-. The minimum absolute atomic E-state index is 0.0363. The van der Waals surface area contributed by atoms with Crippen molar-refractivity contribution in [3.8, 4) is 0 Å². The standard InChI is InChI=1S/C15H13N5O4/c21-11(19-10-3-1-9(2-4-10)15(23)24)5-6-20-8-18-12-13(20)16-7-17-14(12)22/h1-4,7-8H,5-6H2,(H,19,21)(H,23,24)(H,16,17,22)/p-1. The van der Waals surface area contributed by atoms with E-state index in [4.69, 9.17) is 0 Å². The zero-order valence-corrected chi connectivity index (χ0v) is 12.4. The van der Waals surface area contributed by atoms with Crippen LogP contribution in [0.4, 0.5) is 5.69 Å². The fraction of sp³-hybridized carbons (Fsp3) is 0.133. The number of hydrogen-bond donors (Lipinski definition) is 2.